The summed E-state index contributed by atoms with van der Waals surface area (Å²) in [6.45, 7) is 5.96. The molecule has 0 saturated carbocycles. The molecule has 0 aliphatic heterocycles. The van der Waals surface area contributed by atoms with Gasteiger partial charge in [-0.3, -0.25) is 9.67 Å². The van der Waals surface area contributed by atoms with Gasteiger partial charge < -0.3 is 10.1 Å². The smallest absolute Gasteiger partial charge is 0.407 e. The molecule has 0 fully saturated rings. The Kier molecular flexibility index (Phi) is 5.43. The highest BCUT2D eigenvalue weighted by molar-refractivity contribution is 5.70. The summed E-state index contributed by atoms with van der Waals surface area (Å²) >= 11 is 0. The standard InChI is InChI=1S/C19H24F2N4O2/c1-19(2,3)27-18(26)23-8-4-10-25-16(17(20)21)14-6-5-12-11-22-9-7-13(12)15(14)24-25/h7,9,11,17H,4-6,8,10H2,1-3H3,(H,23,26). The van der Waals surface area contributed by atoms with Crippen molar-refractivity contribution >= 4 is 6.09 Å². The summed E-state index contributed by atoms with van der Waals surface area (Å²) in [7, 11) is 0. The lowest BCUT2D eigenvalue weighted by Crippen LogP contribution is -2.33. The average molecular weight is 378 g/mol. The van der Waals surface area contributed by atoms with Crippen LogP contribution in [-0.2, 0) is 24.1 Å². The van der Waals surface area contributed by atoms with Crippen LogP contribution in [0.4, 0.5) is 13.6 Å². The van der Waals surface area contributed by atoms with E-state index < -0.39 is 18.1 Å². The number of alkyl carbamates (subject to hydrolysis) is 1. The van der Waals surface area contributed by atoms with Crippen LogP contribution in [0.3, 0.4) is 0 Å². The van der Waals surface area contributed by atoms with Gasteiger partial charge in [-0.2, -0.15) is 5.10 Å². The zero-order valence-corrected chi connectivity index (χ0v) is 15.8. The Labute approximate surface area is 156 Å². The van der Waals surface area contributed by atoms with Crippen molar-refractivity contribution in [1.82, 2.24) is 20.1 Å². The maximum atomic E-state index is 13.7. The van der Waals surface area contributed by atoms with Gasteiger partial charge in [0.1, 0.15) is 11.3 Å². The molecule has 8 heteroatoms. The van der Waals surface area contributed by atoms with Crippen LogP contribution in [0.15, 0.2) is 18.5 Å². The normalized spacial score (nSPS) is 13.3. The SMILES string of the molecule is CC(C)(C)OC(=O)NCCCn1nc2c(c1C(F)F)CCc1cnccc1-2. The highest BCUT2D eigenvalue weighted by atomic mass is 19.3. The van der Waals surface area contributed by atoms with Crippen molar-refractivity contribution in [1.29, 1.82) is 0 Å². The number of hydrogen-bond acceptors (Lipinski definition) is 4. The van der Waals surface area contributed by atoms with Crippen molar-refractivity contribution in [3.8, 4) is 11.3 Å². The minimum atomic E-state index is -2.59. The summed E-state index contributed by atoms with van der Waals surface area (Å²) in [5.41, 5.74) is 2.54. The molecule has 6 nitrogen and oxygen atoms in total. The predicted molar refractivity (Wildman–Crippen MR) is 96.7 cm³/mol. The number of carbonyl (C=O) groups excluding carboxylic acids is 1. The summed E-state index contributed by atoms with van der Waals surface area (Å²) < 4.78 is 33.9. The second kappa shape index (κ2) is 7.62. The summed E-state index contributed by atoms with van der Waals surface area (Å²) in [5, 5.41) is 7.09. The quantitative estimate of drug-likeness (QED) is 0.802. The lowest BCUT2D eigenvalue weighted by Gasteiger charge is -2.19. The lowest BCUT2D eigenvalue weighted by molar-refractivity contribution is 0.0526. The van der Waals surface area contributed by atoms with E-state index in [4.69, 9.17) is 4.74 Å². The number of hydrogen-bond donors (Lipinski definition) is 1. The van der Waals surface area contributed by atoms with Crippen LogP contribution in [0.5, 0.6) is 0 Å². The Bertz CT molecular complexity index is 828. The van der Waals surface area contributed by atoms with E-state index in [1.54, 1.807) is 33.2 Å². The number of aromatic nitrogens is 3. The molecule has 0 aromatic carbocycles. The number of rotatable bonds is 5. The topological polar surface area (TPSA) is 69.0 Å². The van der Waals surface area contributed by atoms with Crippen molar-refractivity contribution < 1.29 is 18.3 Å². The summed E-state index contributed by atoms with van der Waals surface area (Å²) in [6.07, 6.45) is 2.00. The molecular formula is C19H24F2N4O2. The summed E-state index contributed by atoms with van der Waals surface area (Å²) in [6, 6.07) is 1.82. The fraction of sp³-hybridized carbons (Fsp3) is 0.526. The zero-order chi connectivity index (χ0) is 19.6. The lowest BCUT2D eigenvalue weighted by atomic mass is 9.90. The molecule has 1 amide bonds. The van der Waals surface area contributed by atoms with Gasteiger partial charge in [0.25, 0.3) is 6.43 Å². The van der Waals surface area contributed by atoms with Crippen LogP contribution in [0.2, 0.25) is 0 Å². The molecule has 2 aromatic heterocycles. The van der Waals surface area contributed by atoms with Crippen molar-refractivity contribution in [3.05, 3.63) is 35.3 Å². The van der Waals surface area contributed by atoms with E-state index in [0.717, 1.165) is 11.1 Å². The molecule has 0 bridgehead atoms. The molecule has 0 radical (unpaired) electrons. The maximum Gasteiger partial charge on any atom is 0.407 e. The number of pyridine rings is 1. The third-order valence-corrected chi connectivity index (χ3v) is 4.32. The molecule has 1 aliphatic rings. The molecule has 1 aliphatic carbocycles. The number of fused-ring (bicyclic) bond motifs is 3. The Hall–Kier alpha value is -2.51. The Morgan fingerprint density at radius 2 is 2.15 bits per heavy atom. The number of halogens is 2. The van der Waals surface area contributed by atoms with Crippen LogP contribution in [0.1, 0.15) is 50.4 Å². The van der Waals surface area contributed by atoms with E-state index in [-0.39, 0.29) is 5.69 Å². The first kappa shape index (κ1) is 19.3. The van der Waals surface area contributed by atoms with Gasteiger partial charge in [-0.15, -0.1) is 0 Å². The average Bonchev–Trinajstić information content (AvgIpc) is 2.96. The second-order valence-electron chi connectivity index (χ2n) is 7.55. The number of carbonyl (C=O) groups is 1. The van der Waals surface area contributed by atoms with Crippen molar-refractivity contribution in [2.24, 2.45) is 0 Å². The molecule has 1 N–H and O–H groups in total. The van der Waals surface area contributed by atoms with Gasteiger partial charge in [-0.1, -0.05) is 0 Å². The van der Waals surface area contributed by atoms with Crippen LogP contribution in [0.25, 0.3) is 11.3 Å². The van der Waals surface area contributed by atoms with E-state index in [1.807, 2.05) is 6.07 Å². The molecule has 0 atom stereocenters. The Morgan fingerprint density at radius 3 is 2.85 bits per heavy atom. The van der Waals surface area contributed by atoms with Crippen LogP contribution in [0, 0.1) is 0 Å². The number of amides is 1. The Morgan fingerprint density at radius 1 is 1.37 bits per heavy atom. The minimum Gasteiger partial charge on any atom is -0.444 e. The summed E-state index contributed by atoms with van der Waals surface area (Å²) in [5.74, 6) is 0. The van der Waals surface area contributed by atoms with Gasteiger partial charge >= 0.3 is 6.09 Å². The second-order valence-corrected chi connectivity index (χ2v) is 7.55. The molecular weight excluding hydrogens is 354 g/mol. The fourth-order valence-corrected chi connectivity index (χ4v) is 3.24. The van der Waals surface area contributed by atoms with Gasteiger partial charge in [0, 0.05) is 36.6 Å². The van der Waals surface area contributed by atoms with Crippen LogP contribution >= 0.6 is 0 Å². The minimum absolute atomic E-state index is 0.0234. The maximum absolute atomic E-state index is 13.7. The van der Waals surface area contributed by atoms with Crippen molar-refractivity contribution in [2.45, 2.75) is 58.6 Å². The fourth-order valence-electron chi connectivity index (χ4n) is 3.24. The van der Waals surface area contributed by atoms with Gasteiger partial charge in [0.2, 0.25) is 0 Å². The first-order valence-corrected chi connectivity index (χ1v) is 9.04. The molecule has 0 saturated heterocycles. The summed E-state index contributed by atoms with van der Waals surface area (Å²) in [4.78, 5) is 15.8. The van der Waals surface area contributed by atoms with E-state index in [9.17, 15) is 13.6 Å². The van der Waals surface area contributed by atoms with Gasteiger partial charge in [-0.05, 0) is 51.7 Å². The first-order chi connectivity index (χ1) is 12.8. The predicted octanol–water partition coefficient (Wildman–Crippen LogP) is 3.90. The number of ether oxygens (including phenoxy) is 1. The highest BCUT2D eigenvalue weighted by Crippen LogP contribution is 2.37. The van der Waals surface area contributed by atoms with E-state index >= 15 is 0 Å². The zero-order valence-electron chi connectivity index (χ0n) is 15.8. The van der Waals surface area contributed by atoms with E-state index in [1.165, 1.54) is 4.68 Å². The van der Waals surface area contributed by atoms with E-state index in [0.29, 0.717) is 43.6 Å². The molecule has 3 rings (SSSR count). The van der Waals surface area contributed by atoms with Crippen molar-refractivity contribution in [2.75, 3.05) is 6.54 Å². The monoisotopic (exact) mass is 378 g/mol. The number of aryl methyl sites for hydroxylation is 2. The van der Waals surface area contributed by atoms with E-state index in [2.05, 4.69) is 15.4 Å². The van der Waals surface area contributed by atoms with Gasteiger partial charge in [-0.25, -0.2) is 13.6 Å². The Balaban J connectivity index is 1.70. The largest absolute Gasteiger partial charge is 0.444 e. The third-order valence-electron chi connectivity index (χ3n) is 4.32. The van der Waals surface area contributed by atoms with Crippen molar-refractivity contribution in [3.63, 3.8) is 0 Å². The third kappa shape index (κ3) is 4.43. The first-order valence-electron chi connectivity index (χ1n) is 9.04. The number of nitrogens with zero attached hydrogens (tertiary/aromatic N) is 3. The number of alkyl halides is 2. The molecule has 2 heterocycles. The molecule has 146 valence electrons. The molecule has 27 heavy (non-hydrogen) atoms. The highest BCUT2D eigenvalue weighted by Gasteiger charge is 2.28. The van der Waals surface area contributed by atoms with Crippen LogP contribution in [-0.4, -0.2) is 33.0 Å². The molecule has 0 unspecified atom stereocenters. The van der Waals surface area contributed by atoms with Crippen LogP contribution < -0.4 is 5.32 Å². The molecule has 2 aromatic rings. The van der Waals surface area contributed by atoms with Gasteiger partial charge in [0.05, 0.1) is 5.69 Å². The molecule has 0 spiro atoms. The van der Waals surface area contributed by atoms with Gasteiger partial charge in [0.15, 0.2) is 0 Å². The number of nitrogens with one attached hydrogen (secondary N) is 1.